The summed E-state index contributed by atoms with van der Waals surface area (Å²) in [6, 6.07) is 8.11. The minimum absolute atomic E-state index is 0.0179. The van der Waals surface area contributed by atoms with Gasteiger partial charge in [0.05, 0.1) is 6.42 Å². The minimum atomic E-state index is -0.930. The van der Waals surface area contributed by atoms with Crippen LogP contribution in [0.2, 0.25) is 0 Å². The largest absolute Gasteiger partial charge is 0.490 e. The zero-order valence-electron chi connectivity index (χ0n) is 14.7. The normalized spacial score (nSPS) is 16.0. The fourth-order valence-corrected chi connectivity index (χ4v) is 2.96. The van der Waals surface area contributed by atoms with Crippen molar-refractivity contribution in [3.63, 3.8) is 0 Å². The van der Waals surface area contributed by atoms with Gasteiger partial charge in [-0.05, 0) is 17.0 Å². The second-order valence-corrected chi connectivity index (χ2v) is 7.34. The number of para-hydroxylation sites is 1. The lowest BCUT2D eigenvalue weighted by molar-refractivity contribution is -0.141. The quantitative estimate of drug-likeness (QED) is 0.898. The zero-order valence-corrected chi connectivity index (χ0v) is 14.7. The van der Waals surface area contributed by atoms with Crippen LogP contribution in [0.4, 0.5) is 0 Å². The molecule has 0 aliphatic carbocycles. The number of carboxylic acid groups (broad SMARTS) is 1. The SMILES string of the molecule is CC(C)(C)c1ccccc1OC1CCN(C(=O)CCC(=O)O)CC1. The summed E-state index contributed by atoms with van der Waals surface area (Å²) in [4.78, 5) is 24.3. The zero-order chi connectivity index (χ0) is 17.7. The Balaban J connectivity index is 1.90. The van der Waals surface area contributed by atoms with Gasteiger partial charge in [-0.25, -0.2) is 0 Å². The van der Waals surface area contributed by atoms with Gasteiger partial charge < -0.3 is 14.7 Å². The predicted molar refractivity (Wildman–Crippen MR) is 92.2 cm³/mol. The molecule has 132 valence electrons. The number of benzene rings is 1. The average Bonchev–Trinajstić information content (AvgIpc) is 2.53. The van der Waals surface area contributed by atoms with E-state index >= 15 is 0 Å². The second-order valence-electron chi connectivity index (χ2n) is 7.34. The average molecular weight is 333 g/mol. The van der Waals surface area contributed by atoms with Gasteiger partial charge in [0.15, 0.2) is 0 Å². The van der Waals surface area contributed by atoms with Gasteiger partial charge in [0.2, 0.25) is 5.91 Å². The third-order valence-corrected chi connectivity index (χ3v) is 4.34. The van der Waals surface area contributed by atoms with Crippen LogP contribution >= 0.6 is 0 Å². The molecule has 0 bridgehead atoms. The van der Waals surface area contributed by atoms with Gasteiger partial charge in [0.25, 0.3) is 0 Å². The summed E-state index contributed by atoms with van der Waals surface area (Å²) in [6.07, 6.45) is 1.62. The van der Waals surface area contributed by atoms with E-state index in [1.165, 1.54) is 5.56 Å². The molecule has 5 nitrogen and oxygen atoms in total. The molecule has 1 aliphatic rings. The number of rotatable bonds is 5. The molecule has 1 aromatic rings. The third kappa shape index (κ3) is 4.98. The number of carboxylic acids is 1. The molecule has 1 heterocycles. The van der Waals surface area contributed by atoms with E-state index in [2.05, 4.69) is 26.8 Å². The highest BCUT2D eigenvalue weighted by molar-refractivity contribution is 5.80. The summed E-state index contributed by atoms with van der Waals surface area (Å²) in [7, 11) is 0. The molecular formula is C19H27NO4. The van der Waals surface area contributed by atoms with E-state index in [4.69, 9.17) is 9.84 Å². The Morgan fingerprint density at radius 2 is 1.79 bits per heavy atom. The minimum Gasteiger partial charge on any atom is -0.490 e. The maximum Gasteiger partial charge on any atom is 0.303 e. The Kier molecular flexibility index (Phi) is 5.86. The lowest BCUT2D eigenvalue weighted by Gasteiger charge is -2.33. The molecule has 24 heavy (non-hydrogen) atoms. The lowest BCUT2D eigenvalue weighted by Crippen LogP contribution is -2.42. The van der Waals surface area contributed by atoms with Gasteiger partial charge in [-0.15, -0.1) is 0 Å². The van der Waals surface area contributed by atoms with Gasteiger partial charge >= 0.3 is 5.97 Å². The predicted octanol–water partition coefficient (Wildman–Crippen LogP) is 3.22. The van der Waals surface area contributed by atoms with Crippen molar-refractivity contribution < 1.29 is 19.4 Å². The van der Waals surface area contributed by atoms with Crippen molar-refractivity contribution in [2.24, 2.45) is 0 Å². The fourth-order valence-electron chi connectivity index (χ4n) is 2.96. The van der Waals surface area contributed by atoms with E-state index < -0.39 is 5.97 Å². The van der Waals surface area contributed by atoms with E-state index in [0.717, 1.165) is 18.6 Å². The van der Waals surface area contributed by atoms with Crippen molar-refractivity contribution >= 4 is 11.9 Å². The molecule has 0 aromatic heterocycles. The van der Waals surface area contributed by atoms with Crippen molar-refractivity contribution in [3.05, 3.63) is 29.8 Å². The second kappa shape index (κ2) is 7.69. The van der Waals surface area contributed by atoms with Gasteiger partial charge in [-0.3, -0.25) is 9.59 Å². The van der Waals surface area contributed by atoms with Gasteiger partial charge in [0.1, 0.15) is 11.9 Å². The number of ether oxygens (including phenoxy) is 1. The first-order valence-electron chi connectivity index (χ1n) is 8.53. The summed E-state index contributed by atoms with van der Waals surface area (Å²) < 4.78 is 6.21. The Labute approximate surface area is 143 Å². The number of carbonyl (C=O) groups excluding carboxylic acids is 1. The molecule has 0 unspecified atom stereocenters. The fraction of sp³-hybridized carbons (Fsp3) is 0.579. The number of hydrogen-bond acceptors (Lipinski definition) is 3. The van der Waals surface area contributed by atoms with Crippen LogP contribution in [-0.4, -0.2) is 41.1 Å². The van der Waals surface area contributed by atoms with Crippen molar-refractivity contribution in [1.82, 2.24) is 4.90 Å². The van der Waals surface area contributed by atoms with Crippen LogP contribution in [0.5, 0.6) is 5.75 Å². The van der Waals surface area contributed by atoms with E-state index in [1.54, 1.807) is 4.90 Å². The van der Waals surface area contributed by atoms with E-state index in [9.17, 15) is 9.59 Å². The number of aliphatic carboxylic acids is 1. The van der Waals surface area contributed by atoms with Gasteiger partial charge in [-0.1, -0.05) is 39.0 Å². The monoisotopic (exact) mass is 333 g/mol. The van der Waals surface area contributed by atoms with Crippen molar-refractivity contribution in [1.29, 1.82) is 0 Å². The molecule has 1 aromatic carbocycles. The number of piperidine rings is 1. The van der Waals surface area contributed by atoms with E-state index in [0.29, 0.717) is 13.1 Å². The third-order valence-electron chi connectivity index (χ3n) is 4.34. The topological polar surface area (TPSA) is 66.8 Å². The van der Waals surface area contributed by atoms with Crippen molar-refractivity contribution in [2.75, 3.05) is 13.1 Å². The first-order valence-corrected chi connectivity index (χ1v) is 8.53. The number of likely N-dealkylation sites (tertiary alicyclic amines) is 1. The van der Waals surface area contributed by atoms with Crippen LogP contribution in [0.25, 0.3) is 0 Å². The van der Waals surface area contributed by atoms with Gasteiger partial charge in [-0.2, -0.15) is 0 Å². The molecule has 5 heteroatoms. The molecule has 1 fully saturated rings. The van der Waals surface area contributed by atoms with Crippen molar-refractivity contribution in [3.8, 4) is 5.75 Å². The molecule has 1 amide bonds. The molecule has 1 N–H and O–H groups in total. The highest BCUT2D eigenvalue weighted by atomic mass is 16.5. The van der Waals surface area contributed by atoms with Gasteiger partial charge in [0, 0.05) is 32.4 Å². The van der Waals surface area contributed by atoms with E-state index in [1.807, 2.05) is 18.2 Å². The number of amides is 1. The van der Waals surface area contributed by atoms with Crippen LogP contribution in [0.15, 0.2) is 24.3 Å². The summed E-state index contributed by atoms with van der Waals surface area (Å²) in [5.74, 6) is -0.0908. The van der Waals surface area contributed by atoms with Crippen LogP contribution < -0.4 is 4.74 Å². The smallest absolute Gasteiger partial charge is 0.303 e. The van der Waals surface area contributed by atoms with E-state index in [-0.39, 0.29) is 30.3 Å². The molecular weight excluding hydrogens is 306 g/mol. The maximum absolute atomic E-state index is 12.0. The first kappa shape index (κ1) is 18.3. The number of nitrogens with zero attached hydrogens (tertiary/aromatic N) is 1. The van der Waals surface area contributed by atoms with Crippen LogP contribution in [-0.2, 0) is 15.0 Å². The highest BCUT2D eigenvalue weighted by Crippen LogP contribution is 2.32. The summed E-state index contributed by atoms with van der Waals surface area (Å²) in [5, 5.41) is 8.67. The number of hydrogen-bond donors (Lipinski definition) is 1. The Bertz CT molecular complexity index is 583. The summed E-state index contributed by atoms with van der Waals surface area (Å²) in [6.45, 7) is 7.75. The van der Waals surface area contributed by atoms with Crippen molar-refractivity contribution in [2.45, 2.75) is 58.0 Å². The molecule has 1 saturated heterocycles. The standard InChI is InChI=1S/C19H27NO4/c1-19(2,3)15-6-4-5-7-16(15)24-14-10-12-20(13-11-14)17(21)8-9-18(22)23/h4-7,14H,8-13H2,1-3H3,(H,22,23). The van der Waals surface area contributed by atoms with Crippen LogP contribution in [0.3, 0.4) is 0 Å². The highest BCUT2D eigenvalue weighted by Gasteiger charge is 2.26. The molecule has 0 saturated carbocycles. The lowest BCUT2D eigenvalue weighted by atomic mass is 9.86. The molecule has 2 rings (SSSR count). The first-order chi connectivity index (χ1) is 11.3. The summed E-state index contributed by atoms with van der Waals surface area (Å²) >= 11 is 0. The molecule has 0 radical (unpaired) electrons. The molecule has 0 atom stereocenters. The summed E-state index contributed by atoms with van der Waals surface area (Å²) in [5.41, 5.74) is 1.20. The Morgan fingerprint density at radius 1 is 1.17 bits per heavy atom. The number of carbonyl (C=O) groups is 2. The molecule has 0 spiro atoms. The van der Waals surface area contributed by atoms with Crippen LogP contribution in [0, 0.1) is 0 Å². The van der Waals surface area contributed by atoms with Crippen LogP contribution in [0.1, 0.15) is 52.0 Å². The maximum atomic E-state index is 12.0. The Morgan fingerprint density at radius 3 is 2.38 bits per heavy atom. The Hall–Kier alpha value is -2.04. The molecule has 1 aliphatic heterocycles.